The molecule has 0 aliphatic heterocycles. The molecule has 1 heteroatoms. The van der Waals surface area contributed by atoms with Crippen LogP contribution in [0.5, 0.6) is 0 Å². The Kier molecular flexibility index (Phi) is 2.56. The third-order valence-corrected chi connectivity index (χ3v) is 2.60. The lowest BCUT2D eigenvalue weighted by atomic mass is 9.90. The molecule has 0 saturated carbocycles. The summed E-state index contributed by atoms with van der Waals surface area (Å²) >= 11 is 0. The average molecular weight is 202 g/mol. The monoisotopic (exact) mass is 202 g/mol. The van der Waals surface area contributed by atoms with Gasteiger partial charge in [0.15, 0.2) is 0 Å². The van der Waals surface area contributed by atoms with Gasteiger partial charge in [-0.1, -0.05) is 39.0 Å². The summed E-state index contributed by atoms with van der Waals surface area (Å²) in [4.78, 5) is 0. The Balaban J connectivity index is 2.16. The molecule has 0 fully saturated rings. The fourth-order valence-electron chi connectivity index (χ4n) is 1.66. The Hall–Kier alpha value is -1.24. The molecule has 0 aliphatic rings. The van der Waals surface area contributed by atoms with Crippen LogP contribution in [0, 0.1) is 5.41 Å². The van der Waals surface area contributed by atoms with Crippen LogP contribution in [0.15, 0.2) is 34.7 Å². The molecule has 0 bridgehead atoms. The average Bonchev–Trinajstić information content (AvgIpc) is 2.56. The second-order valence-electron chi connectivity index (χ2n) is 5.31. The summed E-state index contributed by atoms with van der Waals surface area (Å²) in [5.74, 6) is 1.10. The fourth-order valence-corrected chi connectivity index (χ4v) is 1.66. The van der Waals surface area contributed by atoms with Crippen LogP contribution in [0.2, 0.25) is 0 Å². The first-order valence-corrected chi connectivity index (χ1v) is 5.52. The molecule has 0 spiro atoms. The number of benzene rings is 1. The molecule has 1 aromatic heterocycles. The standard InChI is InChI=1S/C14H18O/c1-14(2,3)9-8-12-10-11-6-4-5-7-13(11)15-12/h4-7,10H,8-9H2,1-3H3. The van der Waals surface area contributed by atoms with E-state index < -0.39 is 0 Å². The van der Waals surface area contributed by atoms with Gasteiger partial charge < -0.3 is 4.42 Å². The van der Waals surface area contributed by atoms with Crippen LogP contribution >= 0.6 is 0 Å². The first-order valence-electron chi connectivity index (χ1n) is 5.52. The van der Waals surface area contributed by atoms with Crippen molar-refractivity contribution < 1.29 is 4.42 Å². The molecule has 0 saturated heterocycles. The van der Waals surface area contributed by atoms with Crippen molar-refractivity contribution in [2.75, 3.05) is 0 Å². The van der Waals surface area contributed by atoms with Gasteiger partial charge in [0.2, 0.25) is 0 Å². The van der Waals surface area contributed by atoms with Gasteiger partial charge in [-0.15, -0.1) is 0 Å². The highest BCUT2D eigenvalue weighted by molar-refractivity contribution is 5.77. The number of para-hydroxylation sites is 1. The Morgan fingerprint density at radius 1 is 1.13 bits per heavy atom. The summed E-state index contributed by atoms with van der Waals surface area (Å²) in [7, 11) is 0. The maximum Gasteiger partial charge on any atom is 0.134 e. The van der Waals surface area contributed by atoms with E-state index in [1.165, 1.54) is 5.39 Å². The van der Waals surface area contributed by atoms with E-state index in [-0.39, 0.29) is 0 Å². The van der Waals surface area contributed by atoms with E-state index in [4.69, 9.17) is 4.42 Å². The smallest absolute Gasteiger partial charge is 0.134 e. The van der Waals surface area contributed by atoms with Gasteiger partial charge in [-0.2, -0.15) is 0 Å². The zero-order valence-corrected chi connectivity index (χ0v) is 9.71. The van der Waals surface area contributed by atoms with E-state index in [9.17, 15) is 0 Å². The fraction of sp³-hybridized carbons (Fsp3) is 0.429. The predicted octanol–water partition coefficient (Wildman–Crippen LogP) is 4.41. The van der Waals surface area contributed by atoms with Crippen molar-refractivity contribution in [3.8, 4) is 0 Å². The van der Waals surface area contributed by atoms with Gasteiger partial charge in [-0.25, -0.2) is 0 Å². The molecule has 0 atom stereocenters. The number of furan rings is 1. The largest absolute Gasteiger partial charge is 0.461 e. The minimum absolute atomic E-state index is 0.374. The van der Waals surface area contributed by atoms with E-state index in [1.807, 2.05) is 18.2 Å². The lowest BCUT2D eigenvalue weighted by Gasteiger charge is -2.16. The van der Waals surface area contributed by atoms with Crippen molar-refractivity contribution >= 4 is 11.0 Å². The summed E-state index contributed by atoms with van der Waals surface area (Å²) in [6.45, 7) is 6.78. The minimum atomic E-state index is 0.374. The highest BCUT2D eigenvalue weighted by Crippen LogP contribution is 2.25. The molecule has 0 unspecified atom stereocenters. The Bertz CT molecular complexity index is 413. The zero-order valence-electron chi connectivity index (χ0n) is 9.71. The van der Waals surface area contributed by atoms with E-state index in [2.05, 4.69) is 32.9 Å². The first kappa shape index (κ1) is 10.3. The van der Waals surface area contributed by atoms with Crippen LogP contribution in [0.4, 0.5) is 0 Å². The lowest BCUT2D eigenvalue weighted by molar-refractivity contribution is 0.362. The van der Waals surface area contributed by atoms with Gasteiger partial charge >= 0.3 is 0 Å². The van der Waals surface area contributed by atoms with Crippen molar-refractivity contribution in [3.63, 3.8) is 0 Å². The van der Waals surface area contributed by atoms with Crippen LogP contribution in [0.3, 0.4) is 0 Å². The number of aryl methyl sites for hydroxylation is 1. The van der Waals surface area contributed by atoms with Gasteiger partial charge in [0.1, 0.15) is 11.3 Å². The second-order valence-corrected chi connectivity index (χ2v) is 5.31. The van der Waals surface area contributed by atoms with E-state index in [0.717, 1.165) is 24.2 Å². The van der Waals surface area contributed by atoms with Crippen molar-refractivity contribution in [1.82, 2.24) is 0 Å². The van der Waals surface area contributed by atoms with Gasteiger partial charge in [0.05, 0.1) is 0 Å². The minimum Gasteiger partial charge on any atom is -0.461 e. The molecule has 0 N–H and O–H groups in total. The number of hydrogen-bond donors (Lipinski definition) is 0. The summed E-state index contributed by atoms with van der Waals surface area (Å²) in [6, 6.07) is 10.3. The summed E-state index contributed by atoms with van der Waals surface area (Å²) in [6.07, 6.45) is 2.19. The summed E-state index contributed by atoms with van der Waals surface area (Å²) < 4.78 is 5.76. The van der Waals surface area contributed by atoms with Crippen molar-refractivity contribution in [2.45, 2.75) is 33.6 Å². The quantitative estimate of drug-likeness (QED) is 0.703. The van der Waals surface area contributed by atoms with E-state index >= 15 is 0 Å². The van der Waals surface area contributed by atoms with E-state index in [1.54, 1.807) is 0 Å². The van der Waals surface area contributed by atoms with Crippen LogP contribution < -0.4 is 0 Å². The highest BCUT2D eigenvalue weighted by Gasteiger charge is 2.11. The van der Waals surface area contributed by atoms with Gasteiger partial charge in [-0.05, 0) is 24.0 Å². The molecule has 0 amide bonds. The van der Waals surface area contributed by atoms with Crippen LogP contribution in [0.1, 0.15) is 33.0 Å². The molecular formula is C14H18O. The summed E-state index contributed by atoms with van der Waals surface area (Å²) in [5.41, 5.74) is 1.38. The van der Waals surface area contributed by atoms with Gasteiger partial charge in [0, 0.05) is 11.8 Å². The third kappa shape index (κ3) is 2.62. The number of fused-ring (bicyclic) bond motifs is 1. The Morgan fingerprint density at radius 3 is 2.53 bits per heavy atom. The van der Waals surface area contributed by atoms with Crippen LogP contribution in [0.25, 0.3) is 11.0 Å². The number of rotatable bonds is 2. The topological polar surface area (TPSA) is 13.1 Å². The van der Waals surface area contributed by atoms with Crippen LogP contribution in [-0.4, -0.2) is 0 Å². The van der Waals surface area contributed by atoms with Crippen molar-refractivity contribution in [1.29, 1.82) is 0 Å². The first-order chi connectivity index (χ1) is 7.04. The molecule has 15 heavy (non-hydrogen) atoms. The van der Waals surface area contributed by atoms with Crippen molar-refractivity contribution in [2.24, 2.45) is 5.41 Å². The molecule has 0 aliphatic carbocycles. The van der Waals surface area contributed by atoms with Crippen molar-refractivity contribution in [3.05, 3.63) is 36.1 Å². The molecule has 1 aromatic carbocycles. The molecule has 1 nitrogen and oxygen atoms in total. The highest BCUT2D eigenvalue weighted by atomic mass is 16.3. The molecule has 0 radical (unpaired) electrons. The predicted molar refractivity (Wildman–Crippen MR) is 64.0 cm³/mol. The maximum absolute atomic E-state index is 5.76. The second kappa shape index (κ2) is 3.73. The van der Waals surface area contributed by atoms with Gasteiger partial charge in [-0.3, -0.25) is 0 Å². The summed E-state index contributed by atoms with van der Waals surface area (Å²) in [5, 5.41) is 1.21. The molecule has 1 heterocycles. The number of hydrogen-bond acceptors (Lipinski definition) is 1. The Labute approximate surface area is 91.1 Å². The Morgan fingerprint density at radius 2 is 1.87 bits per heavy atom. The molecule has 80 valence electrons. The van der Waals surface area contributed by atoms with E-state index in [0.29, 0.717) is 5.41 Å². The lowest BCUT2D eigenvalue weighted by Crippen LogP contribution is -2.05. The molecule has 2 aromatic rings. The molecule has 2 rings (SSSR count). The maximum atomic E-state index is 5.76. The van der Waals surface area contributed by atoms with Crippen LogP contribution in [-0.2, 0) is 6.42 Å². The molecular weight excluding hydrogens is 184 g/mol. The SMILES string of the molecule is CC(C)(C)CCc1cc2ccccc2o1. The van der Waals surface area contributed by atoms with Gasteiger partial charge in [0.25, 0.3) is 0 Å². The normalized spacial score (nSPS) is 12.2. The third-order valence-electron chi connectivity index (χ3n) is 2.60. The zero-order chi connectivity index (χ0) is 10.9.